The predicted molar refractivity (Wildman–Crippen MR) is 113 cm³/mol. The minimum Gasteiger partial charge on any atom is -0.330 e. The van der Waals surface area contributed by atoms with Gasteiger partial charge in [0, 0.05) is 31.9 Å². The van der Waals surface area contributed by atoms with Crippen LogP contribution in [0.25, 0.3) is 0 Å². The molecule has 8 heteroatoms. The predicted octanol–water partition coefficient (Wildman–Crippen LogP) is 3.02. The van der Waals surface area contributed by atoms with Crippen LogP contribution in [-0.4, -0.2) is 34.3 Å². The Bertz CT molecular complexity index is 1080. The molecule has 0 radical (unpaired) electrons. The fraction of sp³-hybridized carbons (Fsp3) is 0.429. The maximum absolute atomic E-state index is 12.9. The van der Waals surface area contributed by atoms with E-state index in [-0.39, 0.29) is 17.0 Å². The van der Waals surface area contributed by atoms with Gasteiger partial charge < -0.3 is 4.57 Å². The molecule has 2 aromatic heterocycles. The van der Waals surface area contributed by atoms with Crippen molar-refractivity contribution < 1.29 is 8.42 Å². The minimum atomic E-state index is -3.66. The number of rotatable bonds is 7. The molecule has 0 amide bonds. The molecule has 0 spiro atoms. The summed E-state index contributed by atoms with van der Waals surface area (Å²) in [7, 11) is -3.66. The lowest BCUT2D eigenvalue weighted by Gasteiger charge is -2.21. The Hall–Kier alpha value is -2.45. The van der Waals surface area contributed by atoms with Crippen molar-refractivity contribution in [1.82, 2.24) is 24.1 Å². The molecular weight excluding hydrogens is 386 g/mol. The van der Waals surface area contributed by atoms with Crippen LogP contribution in [-0.2, 0) is 28.5 Å². The summed E-state index contributed by atoms with van der Waals surface area (Å²) in [5.74, 6) is 0.843. The number of imidazole rings is 1. The van der Waals surface area contributed by atoms with E-state index in [9.17, 15) is 8.42 Å². The molecule has 0 fully saturated rings. The zero-order valence-electron chi connectivity index (χ0n) is 17.7. The second-order valence-electron chi connectivity index (χ2n) is 8.19. The van der Waals surface area contributed by atoms with Gasteiger partial charge in [0.25, 0.3) is 0 Å². The summed E-state index contributed by atoms with van der Waals surface area (Å²) in [6, 6.07) is 10.1. The van der Waals surface area contributed by atoms with E-state index in [0.29, 0.717) is 24.4 Å². The van der Waals surface area contributed by atoms with Crippen LogP contribution in [0, 0.1) is 13.8 Å². The number of sulfonamides is 1. The van der Waals surface area contributed by atoms with Crippen molar-refractivity contribution in [1.29, 1.82) is 0 Å². The first-order valence-corrected chi connectivity index (χ1v) is 11.2. The zero-order chi connectivity index (χ0) is 21.2. The number of hydrogen-bond donors (Lipinski definition) is 1. The summed E-state index contributed by atoms with van der Waals surface area (Å²) in [6.07, 6.45) is 4.16. The SMILES string of the molecule is Cc1nn(C(C)(C)C)c(C)c1S(=O)(=O)NCCc1nccn1Cc1ccccc1. The minimum absolute atomic E-state index is 0.264. The molecule has 3 aromatic rings. The van der Waals surface area contributed by atoms with Crippen molar-refractivity contribution in [2.75, 3.05) is 6.54 Å². The molecule has 2 heterocycles. The van der Waals surface area contributed by atoms with E-state index >= 15 is 0 Å². The Kier molecular flexibility index (Phi) is 5.95. The third kappa shape index (κ3) is 4.76. The quantitative estimate of drug-likeness (QED) is 0.643. The molecule has 0 unspecified atom stereocenters. The molecule has 0 aliphatic carbocycles. The summed E-state index contributed by atoms with van der Waals surface area (Å²) in [5.41, 5.74) is 2.04. The van der Waals surface area contributed by atoms with Crippen LogP contribution in [0.4, 0.5) is 0 Å². The molecule has 1 N–H and O–H groups in total. The molecule has 7 nitrogen and oxygen atoms in total. The van der Waals surface area contributed by atoms with Gasteiger partial charge >= 0.3 is 0 Å². The summed E-state index contributed by atoms with van der Waals surface area (Å²) in [4.78, 5) is 4.65. The molecule has 1 aromatic carbocycles. The van der Waals surface area contributed by atoms with Gasteiger partial charge in [-0.2, -0.15) is 5.10 Å². The van der Waals surface area contributed by atoms with E-state index in [4.69, 9.17) is 0 Å². The first-order chi connectivity index (χ1) is 13.6. The van der Waals surface area contributed by atoms with Crippen LogP contribution >= 0.6 is 0 Å². The Morgan fingerprint density at radius 3 is 2.41 bits per heavy atom. The van der Waals surface area contributed by atoms with Crippen molar-refractivity contribution in [3.8, 4) is 0 Å². The van der Waals surface area contributed by atoms with E-state index in [1.54, 1.807) is 24.7 Å². The fourth-order valence-electron chi connectivity index (χ4n) is 3.53. The third-order valence-electron chi connectivity index (χ3n) is 4.77. The van der Waals surface area contributed by atoms with Crippen molar-refractivity contribution in [3.63, 3.8) is 0 Å². The number of hydrogen-bond acceptors (Lipinski definition) is 4. The number of aryl methyl sites for hydroxylation is 1. The van der Waals surface area contributed by atoms with E-state index in [2.05, 4.69) is 26.9 Å². The van der Waals surface area contributed by atoms with Crippen LogP contribution in [0.1, 0.15) is 43.5 Å². The number of nitrogens with zero attached hydrogens (tertiary/aromatic N) is 4. The smallest absolute Gasteiger partial charge is 0.244 e. The van der Waals surface area contributed by atoms with Gasteiger partial charge in [0.2, 0.25) is 10.0 Å². The fourth-order valence-corrected chi connectivity index (χ4v) is 4.95. The average molecular weight is 416 g/mol. The highest BCUT2D eigenvalue weighted by Crippen LogP contribution is 2.24. The third-order valence-corrected chi connectivity index (χ3v) is 6.48. The van der Waals surface area contributed by atoms with Crippen molar-refractivity contribution in [2.24, 2.45) is 0 Å². The van der Waals surface area contributed by atoms with Gasteiger partial charge in [0.15, 0.2) is 0 Å². The lowest BCUT2D eigenvalue weighted by atomic mass is 10.1. The van der Waals surface area contributed by atoms with Gasteiger partial charge in [0.1, 0.15) is 10.7 Å². The molecule has 0 saturated carbocycles. The van der Waals surface area contributed by atoms with Gasteiger partial charge in [-0.05, 0) is 40.2 Å². The molecule has 29 heavy (non-hydrogen) atoms. The summed E-state index contributed by atoms with van der Waals surface area (Å²) >= 11 is 0. The van der Waals surface area contributed by atoms with Crippen molar-refractivity contribution >= 4 is 10.0 Å². The zero-order valence-corrected chi connectivity index (χ0v) is 18.5. The Labute approximate surface area is 172 Å². The van der Waals surface area contributed by atoms with Gasteiger partial charge in [-0.3, -0.25) is 4.68 Å². The second-order valence-corrected chi connectivity index (χ2v) is 9.89. The first kappa shape index (κ1) is 21.3. The lowest BCUT2D eigenvalue weighted by Crippen LogP contribution is -2.28. The van der Waals surface area contributed by atoms with Gasteiger partial charge in [-0.15, -0.1) is 0 Å². The molecule has 3 rings (SSSR count). The van der Waals surface area contributed by atoms with Crippen LogP contribution < -0.4 is 4.72 Å². The number of nitrogens with one attached hydrogen (secondary N) is 1. The van der Waals surface area contributed by atoms with Crippen molar-refractivity contribution in [3.05, 3.63) is 65.5 Å². The van der Waals surface area contributed by atoms with E-state index in [0.717, 1.165) is 5.82 Å². The molecule has 0 aliphatic rings. The highest BCUT2D eigenvalue weighted by atomic mass is 32.2. The largest absolute Gasteiger partial charge is 0.330 e. The monoisotopic (exact) mass is 415 g/mol. The molecule has 0 bridgehead atoms. The number of benzene rings is 1. The topological polar surface area (TPSA) is 81.8 Å². The standard InChI is InChI=1S/C21H29N5O2S/c1-16-20(17(2)26(24-16)21(3,4)5)29(27,28)23-12-11-19-22-13-14-25(19)15-18-9-7-6-8-10-18/h6-10,13-14,23H,11-12,15H2,1-5H3. The molecule has 0 saturated heterocycles. The molecular formula is C21H29N5O2S. The Morgan fingerprint density at radius 2 is 1.79 bits per heavy atom. The van der Waals surface area contributed by atoms with Gasteiger partial charge in [-0.1, -0.05) is 30.3 Å². The first-order valence-electron chi connectivity index (χ1n) is 9.70. The maximum atomic E-state index is 12.9. The highest BCUT2D eigenvalue weighted by molar-refractivity contribution is 7.89. The number of aromatic nitrogens is 4. The van der Waals surface area contributed by atoms with Crippen LogP contribution in [0.2, 0.25) is 0 Å². The van der Waals surface area contributed by atoms with E-state index in [1.807, 2.05) is 49.7 Å². The van der Waals surface area contributed by atoms with Crippen LogP contribution in [0.3, 0.4) is 0 Å². The Balaban J connectivity index is 1.70. The normalized spacial score (nSPS) is 12.4. The molecule has 0 aliphatic heterocycles. The maximum Gasteiger partial charge on any atom is 0.244 e. The van der Waals surface area contributed by atoms with Gasteiger partial charge in [-0.25, -0.2) is 18.1 Å². The summed E-state index contributed by atoms with van der Waals surface area (Å²) in [6.45, 7) is 10.5. The van der Waals surface area contributed by atoms with E-state index in [1.165, 1.54) is 5.56 Å². The molecule has 156 valence electrons. The van der Waals surface area contributed by atoms with E-state index < -0.39 is 10.0 Å². The van der Waals surface area contributed by atoms with Crippen LogP contribution in [0.15, 0.2) is 47.6 Å². The van der Waals surface area contributed by atoms with Gasteiger partial charge in [0.05, 0.1) is 16.9 Å². The Morgan fingerprint density at radius 1 is 1.10 bits per heavy atom. The summed E-state index contributed by atoms with van der Waals surface area (Å²) in [5, 5.41) is 4.45. The van der Waals surface area contributed by atoms with Crippen LogP contribution in [0.5, 0.6) is 0 Å². The average Bonchev–Trinajstić information content (AvgIpc) is 3.19. The molecule has 0 atom stereocenters. The lowest BCUT2D eigenvalue weighted by molar-refractivity contribution is 0.345. The highest BCUT2D eigenvalue weighted by Gasteiger charge is 2.28. The second kappa shape index (κ2) is 8.12. The summed E-state index contributed by atoms with van der Waals surface area (Å²) < 4.78 is 32.4. The van der Waals surface area contributed by atoms with Crippen molar-refractivity contribution in [2.45, 2.75) is 58.0 Å².